The minimum Gasteiger partial charge on any atom is -0.313 e. The Morgan fingerprint density at radius 1 is 1.30 bits per heavy atom. The second kappa shape index (κ2) is 8.12. The van der Waals surface area contributed by atoms with Crippen molar-refractivity contribution in [1.82, 2.24) is 14.5 Å². The molecule has 1 aliphatic rings. The molecule has 0 unspecified atom stereocenters. The molecule has 0 spiro atoms. The van der Waals surface area contributed by atoms with Crippen LogP contribution in [-0.4, -0.2) is 69.7 Å². The zero-order valence-corrected chi connectivity index (χ0v) is 14.0. The molecule has 0 aromatic rings. The Bertz CT molecular complexity index is 406. The summed E-state index contributed by atoms with van der Waals surface area (Å²) in [5.41, 5.74) is 1.36. The lowest BCUT2D eigenvalue weighted by molar-refractivity contribution is 0.216. The van der Waals surface area contributed by atoms with Gasteiger partial charge in [0.05, 0.1) is 5.75 Å². The summed E-state index contributed by atoms with van der Waals surface area (Å²) in [7, 11) is 0.0856. The first kappa shape index (κ1) is 17.6. The number of nitrogens with one attached hydrogen (secondary N) is 1. The van der Waals surface area contributed by atoms with E-state index in [-0.39, 0.29) is 5.75 Å². The van der Waals surface area contributed by atoms with Crippen molar-refractivity contribution in [3.8, 4) is 0 Å². The van der Waals surface area contributed by atoms with Gasteiger partial charge in [0.2, 0.25) is 10.0 Å². The lowest BCUT2D eigenvalue weighted by Gasteiger charge is -2.31. The normalized spacial score (nSPS) is 18.4. The van der Waals surface area contributed by atoms with Crippen molar-refractivity contribution in [2.45, 2.75) is 32.7 Å². The highest BCUT2D eigenvalue weighted by atomic mass is 32.2. The van der Waals surface area contributed by atoms with Gasteiger partial charge in [0.15, 0.2) is 0 Å². The third-order valence-corrected chi connectivity index (χ3v) is 5.53. The smallest absolute Gasteiger partial charge is 0.214 e. The van der Waals surface area contributed by atoms with Gasteiger partial charge in [-0.1, -0.05) is 11.6 Å². The Morgan fingerprint density at radius 2 is 1.90 bits per heavy atom. The first-order chi connectivity index (χ1) is 9.31. The number of rotatable bonds is 7. The van der Waals surface area contributed by atoms with Crippen molar-refractivity contribution in [3.05, 3.63) is 11.6 Å². The molecule has 5 nitrogen and oxygen atoms in total. The number of allylic oxidation sites excluding steroid dienone is 1. The maximum Gasteiger partial charge on any atom is 0.214 e. The molecule has 0 aromatic heterocycles. The SMILES string of the molecule is CC(C)=CCN1CCC(NCCS(=O)(=O)N(C)C)CC1. The van der Waals surface area contributed by atoms with Gasteiger partial charge in [-0.15, -0.1) is 0 Å². The molecule has 0 atom stereocenters. The minimum atomic E-state index is -3.08. The number of sulfonamides is 1. The number of likely N-dealkylation sites (tertiary alicyclic amines) is 1. The second-order valence-corrected chi connectivity index (χ2v) is 8.21. The van der Waals surface area contributed by atoms with Crippen molar-refractivity contribution in [2.24, 2.45) is 0 Å². The van der Waals surface area contributed by atoms with E-state index in [1.165, 1.54) is 9.88 Å². The molecule has 0 bridgehead atoms. The van der Waals surface area contributed by atoms with Crippen LogP contribution in [0.5, 0.6) is 0 Å². The highest BCUT2D eigenvalue weighted by molar-refractivity contribution is 7.89. The Morgan fingerprint density at radius 3 is 2.40 bits per heavy atom. The highest BCUT2D eigenvalue weighted by Crippen LogP contribution is 2.10. The fraction of sp³-hybridized carbons (Fsp3) is 0.857. The Balaban J connectivity index is 2.22. The molecule has 1 heterocycles. The van der Waals surface area contributed by atoms with E-state index in [1.807, 2.05) is 0 Å². The van der Waals surface area contributed by atoms with Gasteiger partial charge in [-0.25, -0.2) is 12.7 Å². The summed E-state index contributed by atoms with van der Waals surface area (Å²) in [5, 5.41) is 3.37. The van der Waals surface area contributed by atoms with Crippen LogP contribution < -0.4 is 5.32 Å². The van der Waals surface area contributed by atoms with E-state index >= 15 is 0 Å². The van der Waals surface area contributed by atoms with Gasteiger partial charge in [0.1, 0.15) is 0 Å². The molecule has 1 saturated heterocycles. The van der Waals surface area contributed by atoms with Crippen LogP contribution in [0, 0.1) is 0 Å². The van der Waals surface area contributed by atoms with Crippen molar-refractivity contribution >= 4 is 10.0 Å². The maximum atomic E-state index is 11.6. The molecule has 20 heavy (non-hydrogen) atoms. The molecule has 1 fully saturated rings. The summed E-state index contributed by atoms with van der Waals surface area (Å²) in [6, 6.07) is 0.454. The van der Waals surface area contributed by atoms with Crippen LogP contribution in [-0.2, 0) is 10.0 Å². The zero-order valence-electron chi connectivity index (χ0n) is 13.2. The van der Waals surface area contributed by atoms with E-state index in [4.69, 9.17) is 0 Å². The predicted molar refractivity (Wildman–Crippen MR) is 84.4 cm³/mol. The lowest BCUT2D eigenvalue weighted by Crippen LogP contribution is -2.44. The average molecular weight is 303 g/mol. The molecule has 6 heteroatoms. The molecule has 0 amide bonds. The molecule has 118 valence electrons. The van der Waals surface area contributed by atoms with Crippen LogP contribution in [0.15, 0.2) is 11.6 Å². The third kappa shape index (κ3) is 6.35. The van der Waals surface area contributed by atoms with Crippen LogP contribution in [0.25, 0.3) is 0 Å². The van der Waals surface area contributed by atoms with Crippen LogP contribution >= 0.6 is 0 Å². The van der Waals surface area contributed by atoms with Crippen LogP contribution in [0.1, 0.15) is 26.7 Å². The second-order valence-electron chi connectivity index (χ2n) is 5.91. The van der Waals surface area contributed by atoms with Crippen molar-refractivity contribution in [1.29, 1.82) is 0 Å². The maximum absolute atomic E-state index is 11.6. The topological polar surface area (TPSA) is 52.7 Å². The minimum absolute atomic E-state index is 0.179. The molecular formula is C14H29N3O2S. The van der Waals surface area contributed by atoms with Crippen LogP contribution in [0.3, 0.4) is 0 Å². The van der Waals surface area contributed by atoms with E-state index in [1.54, 1.807) is 14.1 Å². The molecule has 0 radical (unpaired) electrons. The summed E-state index contributed by atoms with van der Waals surface area (Å²) in [6.07, 6.45) is 4.45. The van der Waals surface area contributed by atoms with Crippen molar-refractivity contribution < 1.29 is 8.42 Å². The van der Waals surface area contributed by atoms with Crippen LogP contribution in [0.4, 0.5) is 0 Å². The Labute approximate surface area is 124 Å². The predicted octanol–water partition coefficient (Wildman–Crippen LogP) is 0.898. The average Bonchev–Trinajstić information content (AvgIpc) is 2.37. The van der Waals surface area contributed by atoms with Gasteiger partial charge >= 0.3 is 0 Å². The summed E-state index contributed by atoms with van der Waals surface area (Å²) in [6.45, 7) is 7.99. The van der Waals surface area contributed by atoms with E-state index in [0.29, 0.717) is 12.6 Å². The molecule has 0 saturated carbocycles. The fourth-order valence-corrected chi connectivity index (χ4v) is 2.95. The van der Waals surface area contributed by atoms with Gasteiger partial charge in [-0.3, -0.25) is 4.90 Å². The summed E-state index contributed by atoms with van der Waals surface area (Å²) < 4.78 is 24.6. The quantitative estimate of drug-likeness (QED) is 0.710. The van der Waals surface area contributed by atoms with E-state index in [0.717, 1.165) is 32.5 Å². The summed E-state index contributed by atoms with van der Waals surface area (Å²) >= 11 is 0. The van der Waals surface area contributed by atoms with E-state index < -0.39 is 10.0 Å². The van der Waals surface area contributed by atoms with Gasteiger partial charge < -0.3 is 5.32 Å². The van der Waals surface area contributed by atoms with Gasteiger partial charge in [0.25, 0.3) is 0 Å². The summed E-state index contributed by atoms with van der Waals surface area (Å²) in [4.78, 5) is 2.45. The Hall–Kier alpha value is -0.430. The number of hydrogen-bond donors (Lipinski definition) is 1. The van der Waals surface area contributed by atoms with Gasteiger partial charge in [-0.2, -0.15) is 0 Å². The Kier molecular flexibility index (Phi) is 7.15. The number of hydrogen-bond acceptors (Lipinski definition) is 4. The monoisotopic (exact) mass is 303 g/mol. The van der Waals surface area contributed by atoms with Crippen molar-refractivity contribution in [2.75, 3.05) is 46.0 Å². The fourth-order valence-electron chi connectivity index (χ4n) is 2.21. The standard InChI is InChI=1S/C14H29N3O2S/c1-13(2)5-9-17-10-6-14(7-11-17)15-8-12-20(18,19)16(3)4/h5,14-15H,6-12H2,1-4H3. The van der Waals surface area contributed by atoms with E-state index in [2.05, 4.69) is 30.1 Å². The molecular weight excluding hydrogens is 274 g/mol. The number of piperidine rings is 1. The molecule has 0 aromatic carbocycles. The zero-order chi connectivity index (χ0) is 15.2. The molecule has 0 aliphatic carbocycles. The molecule has 1 N–H and O–H groups in total. The summed E-state index contributed by atoms with van der Waals surface area (Å²) in [5.74, 6) is 0.179. The van der Waals surface area contributed by atoms with Gasteiger partial charge in [-0.05, 0) is 39.8 Å². The first-order valence-electron chi connectivity index (χ1n) is 7.30. The third-order valence-electron chi connectivity index (χ3n) is 3.69. The molecule has 1 rings (SSSR count). The van der Waals surface area contributed by atoms with Gasteiger partial charge in [0, 0.05) is 33.2 Å². The largest absolute Gasteiger partial charge is 0.313 e. The highest BCUT2D eigenvalue weighted by Gasteiger charge is 2.19. The lowest BCUT2D eigenvalue weighted by atomic mass is 10.1. The van der Waals surface area contributed by atoms with E-state index in [9.17, 15) is 8.42 Å². The van der Waals surface area contributed by atoms with Crippen LogP contribution in [0.2, 0.25) is 0 Å². The van der Waals surface area contributed by atoms with Crippen molar-refractivity contribution in [3.63, 3.8) is 0 Å². The number of nitrogens with zero attached hydrogens (tertiary/aromatic N) is 2. The molecule has 1 aliphatic heterocycles. The first-order valence-corrected chi connectivity index (χ1v) is 8.91.